The van der Waals surface area contributed by atoms with Crippen molar-refractivity contribution in [3.8, 4) is 11.4 Å². The monoisotopic (exact) mass is 688 g/mol. The summed E-state index contributed by atoms with van der Waals surface area (Å²) < 4.78 is 8.15. The van der Waals surface area contributed by atoms with Crippen LogP contribution in [-0.4, -0.2) is 34.3 Å². The van der Waals surface area contributed by atoms with Gasteiger partial charge in [0.2, 0.25) is 5.91 Å². The van der Waals surface area contributed by atoms with E-state index in [0.29, 0.717) is 23.9 Å². The summed E-state index contributed by atoms with van der Waals surface area (Å²) in [5.74, 6) is 1.36. The van der Waals surface area contributed by atoms with Crippen molar-refractivity contribution in [2.24, 2.45) is 5.92 Å². The summed E-state index contributed by atoms with van der Waals surface area (Å²) in [4.78, 5) is 27.0. The maximum absolute atomic E-state index is 13.5. The van der Waals surface area contributed by atoms with Crippen molar-refractivity contribution in [3.05, 3.63) is 107 Å². The number of rotatable bonds is 12. The van der Waals surface area contributed by atoms with Crippen molar-refractivity contribution in [2.45, 2.75) is 85.8 Å². The Bertz CT molecular complexity index is 2010. The van der Waals surface area contributed by atoms with Crippen LogP contribution in [0.4, 0.5) is 22.0 Å². The molecule has 0 spiro atoms. The van der Waals surface area contributed by atoms with Gasteiger partial charge in [0.05, 0.1) is 22.6 Å². The molecule has 4 N–H and O–H groups in total. The fraction of sp³-hybridized carbons (Fsp3) is 0.357. The lowest BCUT2D eigenvalue weighted by Crippen LogP contribution is -2.55. The Morgan fingerprint density at radius 1 is 0.843 bits per heavy atom. The zero-order valence-corrected chi connectivity index (χ0v) is 31.4. The number of hydrogen-bond acceptors (Lipinski definition) is 5. The Morgan fingerprint density at radius 2 is 1.55 bits per heavy atom. The molecule has 2 atom stereocenters. The average molecular weight is 689 g/mol. The zero-order chi connectivity index (χ0) is 36.9. The summed E-state index contributed by atoms with van der Waals surface area (Å²) in [6.07, 6.45) is 1.67. The summed E-state index contributed by atoms with van der Waals surface area (Å²) in [6.45, 7) is 16.8. The number of hydrogen-bond donors (Lipinski definition) is 4. The molecule has 51 heavy (non-hydrogen) atoms. The molecule has 5 aromatic rings. The number of aromatic nitrogens is 2. The molecule has 0 saturated heterocycles. The summed E-state index contributed by atoms with van der Waals surface area (Å²) in [5.41, 5.74) is 5.41. The van der Waals surface area contributed by atoms with Gasteiger partial charge in [-0.3, -0.25) is 10.1 Å². The number of ether oxygens (including phenoxy) is 1. The summed E-state index contributed by atoms with van der Waals surface area (Å²) in [7, 11) is 1.83. The third-order valence-corrected chi connectivity index (χ3v) is 9.92. The summed E-state index contributed by atoms with van der Waals surface area (Å²) in [6, 6.07) is 27.2. The number of benzene rings is 4. The molecule has 0 fully saturated rings. The standard InChI is InChI=1S/C42H52N6O3/c1-10-28(4)42(8,43-9)39(49)44-35-24-29(18-19-30(35)11-2)26-51-36-23-22-34(32-14-12-13-15-33(32)36)45-40(50)46-38-25-37(41(5,6)7)47-48(38)31-20-16-27(3)17-21-31/h12-25,28,43H,10-11,26H2,1-9H3,(H,44,49)(H2,45,46,50). The number of carbonyl (C=O) groups is 2. The Kier molecular flexibility index (Phi) is 11.2. The van der Waals surface area contributed by atoms with Crippen molar-refractivity contribution in [3.63, 3.8) is 0 Å². The molecule has 5 rings (SSSR count). The van der Waals surface area contributed by atoms with Crippen LogP contribution in [0.2, 0.25) is 0 Å². The van der Waals surface area contributed by atoms with Crippen molar-refractivity contribution in [1.82, 2.24) is 15.1 Å². The number of fused-ring (bicyclic) bond motifs is 1. The molecule has 3 amide bonds. The van der Waals surface area contributed by atoms with Gasteiger partial charge in [0.15, 0.2) is 0 Å². The highest BCUT2D eigenvalue weighted by molar-refractivity contribution is 6.07. The minimum Gasteiger partial charge on any atom is -0.488 e. The molecule has 268 valence electrons. The number of nitrogens with zero attached hydrogens (tertiary/aromatic N) is 2. The molecular weight excluding hydrogens is 637 g/mol. The number of carbonyl (C=O) groups excluding carboxylic acids is 2. The van der Waals surface area contributed by atoms with Crippen LogP contribution in [0.3, 0.4) is 0 Å². The van der Waals surface area contributed by atoms with Gasteiger partial charge in [-0.25, -0.2) is 9.48 Å². The van der Waals surface area contributed by atoms with Crippen LogP contribution >= 0.6 is 0 Å². The van der Waals surface area contributed by atoms with E-state index in [1.54, 1.807) is 4.68 Å². The van der Waals surface area contributed by atoms with Gasteiger partial charge < -0.3 is 20.7 Å². The molecule has 4 aromatic carbocycles. The van der Waals surface area contributed by atoms with E-state index in [9.17, 15) is 9.59 Å². The molecule has 9 heteroatoms. The molecule has 0 saturated carbocycles. The Labute approximate surface area is 302 Å². The number of nitrogens with one attached hydrogen (secondary N) is 4. The van der Waals surface area contributed by atoms with E-state index in [4.69, 9.17) is 9.84 Å². The largest absolute Gasteiger partial charge is 0.488 e. The lowest BCUT2D eigenvalue weighted by molar-refractivity contribution is -0.123. The van der Waals surface area contributed by atoms with E-state index in [-0.39, 0.29) is 23.3 Å². The number of urea groups is 1. The quantitative estimate of drug-likeness (QED) is 0.104. The maximum atomic E-state index is 13.5. The molecule has 1 aromatic heterocycles. The molecule has 9 nitrogen and oxygen atoms in total. The lowest BCUT2D eigenvalue weighted by Gasteiger charge is -2.33. The molecule has 0 aliphatic heterocycles. The summed E-state index contributed by atoms with van der Waals surface area (Å²) >= 11 is 0. The van der Waals surface area contributed by atoms with E-state index in [1.807, 2.05) is 106 Å². The fourth-order valence-electron chi connectivity index (χ4n) is 6.04. The first-order valence-corrected chi connectivity index (χ1v) is 17.8. The molecule has 0 radical (unpaired) electrons. The fourth-order valence-corrected chi connectivity index (χ4v) is 6.04. The second-order valence-electron chi connectivity index (χ2n) is 14.5. The average Bonchev–Trinajstić information content (AvgIpc) is 3.55. The third kappa shape index (κ3) is 8.26. The molecular formula is C42H52N6O3. The van der Waals surface area contributed by atoms with E-state index in [2.05, 4.69) is 62.8 Å². The van der Waals surface area contributed by atoms with Crippen LogP contribution in [-0.2, 0) is 23.2 Å². The molecule has 0 aliphatic rings. The predicted octanol–water partition coefficient (Wildman–Crippen LogP) is 9.38. The van der Waals surface area contributed by atoms with Crippen LogP contribution in [0.5, 0.6) is 5.75 Å². The maximum Gasteiger partial charge on any atom is 0.324 e. The first-order chi connectivity index (χ1) is 24.3. The Balaban J connectivity index is 1.34. The second kappa shape index (κ2) is 15.4. The van der Waals surface area contributed by atoms with Crippen LogP contribution in [0.25, 0.3) is 16.5 Å². The first-order valence-electron chi connectivity index (χ1n) is 17.8. The minimum absolute atomic E-state index is 0.0560. The van der Waals surface area contributed by atoms with Gasteiger partial charge in [0, 0.05) is 27.9 Å². The summed E-state index contributed by atoms with van der Waals surface area (Å²) in [5, 5.41) is 19.1. The third-order valence-electron chi connectivity index (χ3n) is 9.92. The highest BCUT2D eigenvalue weighted by Crippen LogP contribution is 2.33. The van der Waals surface area contributed by atoms with Crippen LogP contribution in [0.15, 0.2) is 84.9 Å². The number of anilines is 3. The highest BCUT2D eigenvalue weighted by atomic mass is 16.5. The van der Waals surface area contributed by atoms with Gasteiger partial charge in [0.25, 0.3) is 0 Å². The normalized spacial score (nSPS) is 13.4. The number of amides is 3. The highest BCUT2D eigenvalue weighted by Gasteiger charge is 2.36. The minimum atomic E-state index is -0.699. The Morgan fingerprint density at radius 3 is 2.20 bits per heavy atom. The van der Waals surface area contributed by atoms with Crippen molar-refractivity contribution < 1.29 is 14.3 Å². The molecule has 0 bridgehead atoms. The molecule has 2 unspecified atom stereocenters. The second-order valence-corrected chi connectivity index (χ2v) is 14.5. The molecule has 0 aliphatic carbocycles. The van der Waals surface area contributed by atoms with Crippen molar-refractivity contribution in [1.29, 1.82) is 0 Å². The first kappa shape index (κ1) is 37.1. The molecule has 1 heterocycles. The van der Waals surface area contributed by atoms with E-state index in [0.717, 1.165) is 57.4 Å². The Hall–Kier alpha value is -5.15. The number of likely N-dealkylation sites (N-methyl/N-ethyl adjacent to an activating group) is 1. The number of aryl methyl sites for hydroxylation is 2. The predicted molar refractivity (Wildman–Crippen MR) is 209 cm³/mol. The van der Waals surface area contributed by atoms with Gasteiger partial charge in [-0.05, 0) is 74.7 Å². The van der Waals surface area contributed by atoms with Gasteiger partial charge in [-0.15, -0.1) is 0 Å². The van der Waals surface area contributed by atoms with E-state index in [1.165, 1.54) is 0 Å². The van der Waals surface area contributed by atoms with Crippen molar-refractivity contribution >= 4 is 39.9 Å². The van der Waals surface area contributed by atoms with E-state index >= 15 is 0 Å². The zero-order valence-electron chi connectivity index (χ0n) is 31.4. The van der Waals surface area contributed by atoms with Gasteiger partial charge in [-0.2, -0.15) is 5.10 Å². The van der Waals surface area contributed by atoms with Crippen molar-refractivity contribution in [2.75, 3.05) is 23.0 Å². The van der Waals surface area contributed by atoms with Gasteiger partial charge in [0.1, 0.15) is 18.2 Å². The van der Waals surface area contributed by atoms with Gasteiger partial charge in [-0.1, -0.05) is 102 Å². The SMILES string of the molecule is CCc1ccc(COc2ccc(NC(=O)Nc3cc(C(C)(C)C)nn3-c3ccc(C)cc3)c3ccccc23)cc1NC(=O)C(C)(NC)C(C)CC. The van der Waals surface area contributed by atoms with E-state index < -0.39 is 5.54 Å². The lowest BCUT2D eigenvalue weighted by atomic mass is 9.84. The topological polar surface area (TPSA) is 109 Å². The smallest absolute Gasteiger partial charge is 0.324 e. The van der Waals surface area contributed by atoms with Crippen LogP contribution in [0.1, 0.15) is 77.3 Å². The van der Waals surface area contributed by atoms with Crippen LogP contribution in [0, 0.1) is 12.8 Å². The van der Waals surface area contributed by atoms with Crippen LogP contribution < -0.4 is 26.0 Å². The van der Waals surface area contributed by atoms with Gasteiger partial charge >= 0.3 is 6.03 Å².